The number of hydrogen-bond donors (Lipinski definition) is 1. The van der Waals surface area contributed by atoms with Crippen LogP contribution in [0.2, 0.25) is 0 Å². The molecule has 2 aromatic rings. The Morgan fingerprint density at radius 2 is 2.11 bits per heavy atom. The minimum Gasteiger partial charge on any atom is -0.309 e. The van der Waals surface area contributed by atoms with Gasteiger partial charge in [-0.15, -0.1) is 11.8 Å². The van der Waals surface area contributed by atoms with Gasteiger partial charge >= 0.3 is 0 Å². The van der Waals surface area contributed by atoms with Crippen LogP contribution >= 0.6 is 11.8 Å². The van der Waals surface area contributed by atoms with Crippen LogP contribution < -0.4 is 5.32 Å². The van der Waals surface area contributed by atoms with E-state index >= 15 is 0 Å². The van der Waals surface area contributed by atoms with Crippen LogP contribution in [0.4, 0.5) is 0 Å². The summed E-state index contributed by atoms with van der Waals surface area (Å²) in [6, 6.07) is 11.0. The predicted molar refractivity (Wildman–Crippen MR) is 81.4 cm³/mol. The van der Waals surface area contributed by atoms with Crippen molar-refractivity contribution in [3.8, 4) is 0 Å². The van der Waals surface area contributed by atoms with Gasteiger partial charge in [0.25, 0.3) is 0 Å². The molecule has 1 aromatic heterocycles. The Kier molecular flexibility index (Phi) is 5.48. The number of aromatic nitrogens is 2. The van der Waals surface area contributed by atoms with Crippen molar-refractivity contribution in [3.05, 3.63) is 48.3 Å². The first-order chi connectivity index (χ1) is 9.29. The number of nitrogens with zero attached hydrogens (tertiary/aromatic N) is 2. The average Bonchev–Trinajstić information content (AvgIpc) is 2.86. The number of hydrogen-bond acceptors (Lipinski definition) is 3. The average molecular weight is 275 g/mol. The van der Waals surface area contributed by atoms with Crippen LogP contribution in [0.3, 0.4) is 0 Å². The molecule has 102 valence electrons. The molecule has 3 nitrogen and oxygen atoms in total. The van der Waals surface area contributed by atoms with Gasteiger partial charge in [0.2, 0.25) is 0 Å². The molecule has 0 saturated heterocycles. The monoisotopic (exact) mass is 275 g/mol. The summed E-state index contributed by atoms with van der Waals surface area (Å²) < 4.78 is 1.85. The van der Waals surface area contributed by atoms with Gasteiger partial charge < -0.3 is 5.32 Å². The zero-order valence-electron chi connectivity index (χ0n) is 11.5. The zero-order chi connectivity index (χ0) is 13.5. The topological polar surface area (TPSA) is 29.9 Å². The summed E-state index contributed by atoms with van der Waals surface area (Å²) >= 11 is 1.85. The lowest BCUT2D eigenvalue weighted by atomic mass is 10.1. The number of thioether (sulfide) groups is 1. The standard InChI is InChI=1S/C15H21N3S/c1-3-9-16-15(13-7-5-4-6-8-13)12-19-14-10-17-18(2)11-14/h4-8,10-11,15-16H,3,9,12H2,1-2H3. The van der Waals surface area contributed by atoms with Crippen LogP contribution in [0.25, 0.3) is 0 Å². The molecule has 0 saturated carbocycles. The third-order valence-electron chi connectivity index (χ3n) is 2.94. The molecule has 1 atom stereocenters. The summed E-state index contributed by atoms with van der Waals surface area (Å²) in [5.41, 5.74) is 1.35. The van der Waals surface area contributed by atoms with Crippen LogP contribution in [0.15, 0.2) is 47.6 Å². The zero-order valence-corrected chi connectivity index (χ0v) is 12.4. The Labute approximate surface area is 119 Å². The molecule has 0 aliphatic heterocycles. The predicted octanol–water partition coefficient (Wildman–Crippen LogP) is 3.25. The Hall–Kier alpha value is -1.26. The first-order valence-corrected chi connectivity index (χ1v) is 7.68. The number of rotatable bonds is 7. The molecule has 1 aromatic carbocycles. The smallest absolute Gasteiger partial charge is 0.0625 e. The highest BCUT2D eigenvalue weighted by Crippen LogP contribution is 2.24. The minimum absolute atomic E-state index is 0.395. The fourth-order valence-electron chi connectivity index (χ4n) is 1.93. The summed E-state index contributed by atoms with van der Waals surface area (Å²) in [7, 11) is 1.95. The van der Waals surface area contributed by atoms with E-state index in [1.807, 2.05) is 29.7 Å². The first kappa shape index (κ1) is 14.2. The van der Waals surface area contributed by atoms with Crippen molar-refractivity contribution >= 4 is 11.8 Å². The van der Waals surface area contributed by atoms with Crippen LogP contribution in [0.5, 0.6) is 0 Å². The molecule has 1 unspecified atom stereocenters. The fourth-order valence-corrected chi connectivity index (χ4v) is 2.95. The number of benzene rings is 1. The third kappa shape index (κ3) is 4.40. The maximum Gasteiger partial charge on any atom is 0.0625 e. The van der Waals surface area contributed by atoms with E-state index in [9.17, 15) is 0 Å². The van der Waals surface area contributed by atoms with Crippen molar-refractivity contribution in [1.29, 1.82) is 0 Å². The van der Waals surface area contributed by atoms with E-state index < -0.39 is 0 Å². The Balaban J connectivity index is 1.97. The maximum absolute atomic E-state index is 4.20. The molecule has 1 N–H and O–H groups in total. The molecule has 0 radical (unpaired) electrons. The van der Waals surface area contributed by atoms with E-state index in [0.717, 1.165) is 18.7 Å². The second-order valence-electron chi connectivity index (χ2n) is 4.58. The second kappa shape index (κ2) is 7.36. The molecule has 0 aliphatic carbocycles. The number of nitrogens with one attached hydrogen (secondary N) is 1. The van der Waals surface area contributed by atoms with Gasteiger partial charge in [-0.25, -0.2) is 0 Å². The SMILES string of the molecule is CCCNC(CSc1cnn(C)c1)c1ccccc1. The van der Waals surface area contributed by atoms with Crippen LogP contribution in [-0.2, 0) is 7.05 Å². The highest BCUT2D eigenvalue weighted by molar-refractivity contribution is 7.99. The van der Waals surface area contributed by atoms with Crippen molar-refractivity contribution in [1.82, 2.24) is 15.1 Å². The van der Waals surface area contributed by atoms with E-state index in [4.69, 9.17) is 0 Å². The molecule has 4 heteroatoms. The van der Waals surface area contributed by atoms with Crippen LogP contribution in [0.1, 0.15) is 24.9 Å². The minimum atomic E-state index is 0.395. The molecule has 19 heavy (non-hydrogen) atoms. The maximum atomic E-state index is 4.20. The van der Waals surface area contributed by atoms with E-state index in [2.05, 4.69) is 53.9 Å². The largest absolute Gasteiger partial charge is 0.309 e. The van der Waals surface area contributed by atoms with Gasteiger partial charge in [0.1, 0.15) is 0 Å². The van der Waals surface area contributed by atoms with Gasteiger partial charge in [-0.05, 0) is 18.5 Å². The molecule has 0 fully saturated rings. The van der Waals surface area contributed by atoms with Crippen molar-refractivity contribution in [3.63, 3.8) is 0 Å². The van der Waals surface area contributed by atoms with E-state index in [1.165, 1.54) is 10.5 Å². The lowest BCUT2D eigenvalue weighted by molar-refractivity contribution is 0.577. The summed E-state index contributed by atoms with van der Waals surface area (Å²) in [6.07, 6.45) is 5.14. The molecule has 0 bridgehead atoms. The normalized spacial score (nSPS) is 12.5. The Morgan fingerprint density at radius 3 is 2.74 bits per heavy atom. The molecule has 1 heterocycles. The second-order valence-corrected chi connectivity index (χ2v) is 5.67. The van der Waals surface area contributed by atoms with Gasteiger partial charge in [-0.2, -0.15) is 5.10 Å². The lowest BCUT2D eigenvalue weighted by Gasteiger charge is -2.18. The van der Waals surface area contributed by atoms with Gasteiger partial charge in [0.15, 0.2) is 0 Å². The van der Waals surface area contributed by atoms with E-state index in [1.54, 1.807) is 0 Å². The first-order valence-electron chi connectivity index (χ1n) is 6.69. The summed E-state index contributed by atoms with van der Waals surface area (Å²) in [5, 5.41) is 7.82. The van der Waals surface area contributed by atoms with Crippen molar-refractivity contribution < 1.29 is 0 Å². The van der Waals surface area contributed by atoms with E-state index in [0.29, 0.717) is 6.04 Å². The van der Waals surface area contributed by atoms with Crippen LogP contribution in [0, 0.1) is 0 Å². The lowest BCUT2D eigenvalue weighted by Crippen LogP contribution is -2.24. The van der Waals surface area contributed by atoms with Crippen molar-refractivity contribution in [2.45, 2.75) is 24.3 Å². The number of aryl methyl sites for hydroxylation is 1. The van der Waals surface area contributed by atoms with Crippen LogP contribution in [-0.4, -0.2) is 22.1 Å². The Morgan fingerprint density at radius 1 is 1.32 bits per heavy atom. The summed E-state index contributed by atoms with van der Waals surface area (Å²) in [4.78, 5) is 1.22. The third-order valence-corrected chi connectivity index (χ3v) is 3.98. The van der Waals surface area contributed by atoms with Crippen molar-refractivity contribution in [2.24, 2.45) is 7.05 Å². The van der Waals surface area contributed by atoms with E-state index in [-0.39, 0.29) is 0 Å². The highest BCUT2D eigenvalue weighted by Gasteiger charge is 2.11. The molecule has 2 rings (SSSR count). The Bertz CT molecular complexity index is 481. The molecular formula is C15H21N3S. The quantitative estimate of drug-likeness (QED) is 0.787. The molecular weight excluding hydrogens is 254 g/mol. The van der Waals surface area contributed by atoms with Gasteiger partial charge in [0.05, 0.1) is 6.20 Å². The highest BCUT2D eigenvalue weighted by atomic mass is 32.2. The summed E-state index contributed by atoms with van der Waals surface area (Å²) in [5.74, 6) is 1.02. The molecule has 0 spiro atoms. The molecule has 0 amide bonds. The van der Waals surface area contributed by atoms with Gasteiger partial charge in [0, 0.05) is 29.9 Å². The van der Waals surface area contributed by atoms with Gasteiger partial charge in [-0.3, -0.25) is 4.68 Å². The fraction of sp³-hybridized carbons (Fsp3) is 0.400. The summed E-state index contributed by atoms with van der Waals surface area (Å²) in [6.45, 7) is 3.25. The van der Waals surface area contributed by atoms with Crippen molar-refractivity contribution in [2.75, 3.05) is 12.3 Å². The van der Waals surface area contributed by atoms with Gasteiger partial charge in [-0.1, -0.05) is 37.3 Å². The molecule has 0 aliphatic rings.